The van der Waals surface area contributed by atoms with Crippen LogP contribution in [0.15, 0.2) is 30.6 Å². The van der Waals surface area contributed by atoms with Crippen molar-refractivity contribution in [3.05, 3.63) is 70.0 Å². The zero-order chi connectivity index (χ0) is 23.1. The lowest BCUT2D eigenvalue weighted by molar-refractivity contribution is 0.00360. The SMILES string of the molecule is Cc1ncc([C@@H]2C[C@H](c3nc(-c4ccc(Cl)cc4F)c4nc(C)c(C)nc4n3)CCO2)cn1. The van der Waals surface area contributed by atoms with Gasteiger partial charge < -0.3 is 4.74 Å². The summed E-state index contributed by atoms with van der Waals surface area (Å²) in [4.78, 5) is 27.4. The number of fused-ring (bicyclic) bond motifs is 1. The highest BCUT2D eigenvalue weighted by Crippen LogP contribution is 2.38. The van der Waals surface area contributed by atoms with E-state index in [-0.39, 0.29) is 12.0 Å². The van der Waals surface area contributed by atoms with E-state index >= 15 is 0 Å². The Kier molecular flexibility index (Phi) is 5.72. The number of hydrogen-bond donors (Lipinski definition) is 0. The van der Waals surface area contributed by atoms with Crippen LogP contribution in [0.5, 0.6) is 0 Å². The molecule has 0 amide bonds. The molecule has 5 rings (SSSR count). The molecule has 33 heavy (non-hydrogen) atoms. The van der Waals surface area contributed by atoms with E-state index in [1.54, 1.807) is 24.5 Å². The maximum Gasteiger partial charge on any atom is 0.182 e. The van der Waals surface area contributed by atoms with Gasteiger partial charge in [0, 0.05) is 41.1 Å². The van der Waals surface area contributed by atoms with Crippen molar-refractivity contribution in [2.75, 3.05) is 6.61 Å². The van der Waals surface area contributed by atoms with E-state index in [4.69, 9.17) is 26.3 Å². The Morgan fingerprint density at radius 1 is 1.00 bits per heavy atom. The first kappa shape index (κ1) is 21.7. The van der Waals surface area contributed by atoms with Gasteiger partial charge in [-0.2, -0.15) is 0 Å². The highest BCUT2D eigenvalue weighted by molar-refractivity contribution is 6.30. The van der Waals surface area contributed by atoms with E-state index in [1.807, 2.05) is 20.8 Å². The summed E-state index contributed by atoms with van der Waals surface area (Å²) in [5.41, 5.74) is 4.10. The van der Waals surface area contributed by atoms with E-state index in [2.05, 4.69) is 19.9 Å². The van der Waals surface area contributed by atoms with Crippen LogP contribution in [0.1, 0.15) is 53.5 Å². The lowest BCUT2D eigenvalue weighted by atomic mass is 9.92. The molecule has 2 atom stereocenters. The Hall–Kier alpha value is -3.10. The Bertz CT molecular complexity index is 1350. The van der Waals surface area contributed by atoms with E-state index in [0.29, 0.717) is 52.1 Å². The molecule has 1 aliphatic heterocycles. The number of rotatable bonds is 3. The summed E-state index contributed by atoms with van der Waals surface area (Å²) in [7, 11) is 0. The standard InChI is InChI=1S/C24H22ClFN6O/c1-12-13(2)30-24-22(29-12)21(18-5-4-17(25)9-19(18)26)31-23(32-24)15-6-7-33-20(8-15)16-10-27-14(3)28-11-16/h4-5,9-11,15,20H,6-8H2,1-3H3/t15-,20+/m1/s1. The number of nitrogens with zero attached hydrogens (tertiary/aromatic N) is 6. The Balaban J connectivity index is 1.61. The van der Waals surface area contributed by atoms with Crippen molar-refractivity contribution in [3.63, 3.8) is 0 Å². The average Bonchev–Trinajstić information content (AvgIpc) is 2.80. The zero-order valence-electron chi connectivity index (χ0n) is 18.5. The largest absolute Gasteiger partial charge is 0.373 e. The maximum atomic E-state index is 14.9. The maximum absolute atomic E-state index is 14.9. The minimum absolute atomic E-state index is 0.00646. The van der Waals surface area contributed by atoms with E-state index in [9.17, 15) is 4.39 Å². The van der Waals surface area contributed by atoms with Gasteiger partial charge in [-0.1, -0.05) is 11.6 Å². The van der Waals surface area contributed by atoms with Crippen molar-refractivity contribution >= 4 is 22.8 Å². The van der Waals surface area contributed by atoms with Crippen LogP contribution in [-0.2, 0) is 4.74 Å². The van der Waals surface area contributed by atoms with Crippen molar-refractivity contribution in [3.8, 4) is 11.3 Å². The van der Waals surface area contributed by atoms with E-state index in [1.165, 1.54) is 6.07 Å². The lowest BCUT2D eigenvalue weighted by Crippen LogP contribution is -2.21. The monoisotopic (exact) mass is 464 g/mol. The van der Waals surface area contributed by atoms with Crippen LogP contribution in [0.4, 0.5) is 4.39 Å². The molecule has 1 saturated heterocycles. The fourth-order valence-corrected chi connectivity index (χ4v) is 4.17. The molecule has 1 fully saturated rings. The Labute approximate surface area is 195 Å². The fraction of sp³-hybridized carbons (Fsp3) is 0.333. The molecule has 9 heteroatoms. The Morgan fingerprint density at radius 2 is 1.76 bits per heavy atom. The molecule has 0 radical (unpaired) electrons. The molecule has 4 heterocycles. The normalized spacial score (nSPS) is 18.6. The predicted molar refractivity (Wildman–Crippen MR) is 122 cm³/mol. The summed E-state index contributed by atoms with van der Waals surface area (Å²) < 4.78 is 20.9. The third kappa shape index (κ3) is 4.28. The molecule has 0 spiro atoms. The fourth-order valence-electron chi connectivity index (χ4n) is 4.01. The minimum atomic E-state index is -0.463. The number of halogens is 2. The van der Waals surface area contributed by atoms with Gasteiger partial charge in [0.15, 0.2) is 5.65 Å². The second kappa shape index (κ2) is 8.68. The quantitative estimate of drug-likeness (QED) is 0.410. The molecular formula is C24H22ClFN6O. The molecular weight excluding hydrogens is 443 g/mol. The second-order valence-corrected chi connectivity index (χ2v) is 8.70. The van der Waals surface area contributed by atoms with Crippen LogP contribution in [0.2, 0.25) is 5.02 Å². The molecule has 0 N–H and O–H groups in total. The zero-order valence-corrected chi connectivity index (χ0v) is 19.3. The van der Waals surface area contributed by atoms with Gasteiger partial charge in [-0.3, -0.25) is 0 Å². The van der Waals surface area contributed by atoms with Gasteiger partial charge in [0.25, 0.3) is 0 Å². The van der Waals surface area contributed by atoms with Crippen molar-refractivity contribution in [2.45, 2.75) is 45.6 Å². The summed E-state index contributed by atoms with van der Waals surface area (Å²) in [6.07, 6.45) is 4.84. The average molecular weight is 465 g/mol. The third-order valence-corrected chi connectivity index (χ3v) is 6.20. The molecule has 0 unspecified atom stereocenters. The molecule has 0 aliphatic carbocycles. The van der Waals surface area contributed by atoms with Crippen LogP contribution >= 0.6 is 11.6 Å². The summed E-state index contributed by atoms with van der Waals surface area (Å²) >= 11 is 5.98. The van der Waals surface area contributed by atoms with Gasteiger partial charge in [0.1, 0.15) is 28.7 Å². The second-order valence-electron chi connectivity index (χ2n) is 8.27. The minimum Gasteiger partial charge on any atom is -0.373 e. The van der Waals surface area contributed by atoms with Gasteiger partial charge in [0.05, 0.1) is 17.5 Å². The smallest absolute Gasteiger partial charge is 0.182 e. The molecule has 3 aromatic heterocycles. The van der Waals surface area contributed by atoms with Gasteiger partial charge in [0.2, 0.25) is 0 Å². The van der Waals surface area contributed by atoms with Gasteiger partial charge in [-0.15, -0.1) is 0 Å². The molecule has 0 saturated carbocycles. The predicted octanol–water partition coefficient (Wildman–Crippen LogP) is 5.23. The van der Waals surface area contributed by atoms with Crippen LogP contribution < -0.4 is 0 Å². The number of ether oxygens (including phenoxy) is 1. The topological polar surface area (TPSA) is 86.6 Å². The van der Waals surface area contributed by atoms with Gasteiger partial charge in [-0.05, 0) is 51.8 Å². The van der Waals surface area contributed by atoms with E-state index in [0.717, 1.165) is 23.4 Å². The number of aryl methyl sites for hydroxylation is 3. The van der Waals surface area contributed by atoms with Crippen LogP contribution in [0.3, 0.4) is 0 Å². The Morgan fingerprint density at radius 3 is 2.52 bits per heavy atom. The van der Waals surface area contributed by atoms with Crippen molar-refractivity contribution in [1.82, 2.24) is 29.9 Å². The molecule has 168 valence electrons. The first-order valence-corrected chi connectivity index (χ1v) is 11.2. The van der Waals surface area contributed by atoms with Crippen molar-refractivity contribution in [1.29, 1.82) is 0 Å². The molecule has 1 aromatic carbocycles. The molecule has 0 bridgehead atoms. The van der Waals surface area contributed by atoms with Crippen LogP contribution in [0.25, 0.3) is 22.4 Å². The molecule has 1 aliphatic rings. The van der Waals surface area contributed by atoms with E-state index < -0.39 is 5.82 Å². The van der Waals surface area contributed by atoms with Crippen molar-refractivity contribution in [2.24, 2.45) is 0 Å². The lowest BCUT2D eigenvalue weighted by Gasteiger charge is -2.29. The van der Waals surface area contributed by atoms with Crippen molar-refractivity contribution < 1.29 is 9.13 Å². The summed E-state index contributed by atoms with van der Waals surface area (Å²) in [5, 5.41) is 0.320. The molecule has 4 aromatic rings. The highest BCUT2D eigenvalue weighted by Gasteiger charge is 2.29. The summed E-state index contributed by atoms with van der Waals surface area (Å²) in [6, 6.07) is 4.54. The third-order valence-electron chi connectivity index (χ3n) is 5.97. The van der Waals surface area contributed by atoms with Crippen LogP contribution in [0, 0.1) is 26.6 Å². The summed E-state index contributed by atoms with van der Waals surface area (Å²) in [6.45, 7) is 6.14. The first-order valence-electron chi connectivity index (χ1n) is 10.8. The van der Waals surface area contributed by atoms with Gasteiger partial charge >= 0.3 is 0 Å². The molecule has 7 nitrogen and oxygen atoms in total. The van der Waals surface area contributed by atoms with Gasteiger partial charge in [-0.25, -0.2) is 34.3 Å². The summed E-state index contributed by atoms with van der Waals surface area (Å²) in [5.74, 6) is 0.857. The first-order chi connectivity index (χ1) is 15.9. The number of benzene rings is 1. The number of aromatic nitrogens is 6. The number of hydrogen-bond acceptors (Lipinski definition) is 7. The van der Waals surface area contributed by atoms with Crippen LogP contribution in [-0.4, -0.2) is 36.5 Å². The highest BCUT2D eigenvalue weighted by atomic mass is 35.5.